The highest BCUT2D eigenvalue weighted by atomic mass is 19.4. The number of methoxy groups -OCH3 is 1. The zero-order valence-corrected chi connectivity index (χ0v) is 8.21. The summed E-state index contributed by atoms with van der Waals surface area (Å²) < 4.78 is 42.1. The van der Waals surface area contributed by atoms with Gasteiger partial charge >= 0.3 is 6.18 Å². The summed E-state index contributed by atoms with van der Waals surface area (Å²) >= 11 is 0. The molecule has 1 nitrogen and oxygen atoms in total. The van der Waals surface area contributed by atoms with Gasteiger partial charge in [0.2, 0.25) is 0 Å². The lowest BCUT2D eigenvalue weighted by Crippen LogP contribution is -2.06. The molecule has 0 heterocycles. The van der Waals surface area contributed by atoms with Crippen molar-refractivity contribution in [3.8, 4) is 0 Å². The molecule has 4 heteroatoms. The van der Waals surface area contributed by atoms with E-state index in [0.29, 0.717) is 5.56 Å². The average Bonchev–Trinajstić information content (AvgIpc) is 2.19. The molecule has 1 unspecified atom stereocenters. The first-order chi connectivity index (χ1) is 6.99. The van der Waals surface area contributed by atoms with Gasteiger partial charge in [0.1, 0.15) is 0 Å². The zero-order chi connectivity index (χ0) is 11.5. The molecule has 0 saturated heterocycles. The van der Waals surface area contributed by atoms with Crippen molar-refractivity contribution in [1.82, 2.24) is 0 Å². The summed E-state index contributed by atoms with van der Waals surface area (Å²) in [6, 6.07) is 5.02. The lowest BCUT2D eigenvalue weighted by Gasteiger charge is -2.13. The Morgan fingerprint density at radius 1 is 1.40 bits per heavy atom. The fourth-order valence-corrected chi connectivity index (χ4v) is 1.26. The van der Waals surface area contributed by atoms with Crippen LogP contribution in [0.15, 0.2) is 36.9 Å². The van der Waals surface area contributed by atoms with Gasteiger partial charge in [-0.3, -0.25) is 0 Å². The number of hydrogen-bond donors (Lipinski definition) is 0. The molecule has 0 aromatic heterocycles. The fraction of sp³-hybridized carbons (Fsp3) is 0.273. The van der Waals surface area contributed by atoms with E-state index in [1.165, 1.54) is 19.3 Å². The topological polar surface area (TPSA) is 9.23 Å². The van der Waals surface area contributed by atoms with Crippen molar-refractivity contribution in [3.05, 3.63) is 48.0 Å². The number of ether oxygens (including phenoxy) is 1. The van der Waals surface area contributed by atoms with Gasteiger partial charge in [-0.05, 0) is 17.7 Å². The van der Waals surface area contributed by atoms with E-state index in [2.05, 4.69) is 6.58 Å². The van der Waals surface area contributed by atoms with Crippen molar-refractivity contribution >= 4 is 0 Å². The molecule has 0 fully saturated rings. The van der Waals surface area contributed by atoms with Gasteiger partial charge in [0, 0.05) is 7.11 Å². The van der Waals surface area contributed by atoms with E-state index in [-0.39, 0.29) is 0 Å². The summed E-state index contributed by atoms with van der Waals surface area (Å²) in [5, 5.41) is 0. The molecule has 0 aliphatic heterocycles. The molecule has 0 aliphatic rings. The smallest absolute Gasteiger partial charge is 0.373 e. The molecule has 1 aromatic rings. The number of alkyl halides is 3. The van der Waals surface area contributed by atoms with Gasteiger partial charge < -0.3 is 4.74 Å². The van der Waals surface area contributed by atoms with E-state index in [1.54, 1.807) is 6.07 Å². The van der Waals surface area contributed by atoms with Crippen LogP contribution in [0.25, 0.3) is 0 Å². The van der Waals surface area contributed by atoms with Crippen LogP contribution in [0.3, 0.4) is 0 Å². The highest BCUT2D eigenvalue weighted by Gasteiger charge is 2.30. The summed E-state index contributed by atoms with van der Waals surface area (Å²) in [4.78, 5) is 0. The van der Waals surface area contributed by atoms with Crippen molar-refractivity contribution in [3.63, 3.8) is 0 Å². The Kier molecular flexibility index (Phi) is 3.52. The van der Waals surface area contributed by atoms with Crippen LogP contribution in [0.1, 0.15) is 17.2 Å². The quantitative estimate of drug-likeness (QED) is 0.702. The van der Waals surface area contributed by atoms with E-state index in [0.717, 1.165) is 12.1 Å². The highest BCUT2D eigenvalue weighted by Crippen LogP contribution is 2.31. The van der Waals surface area contributed by atoms with Gasteiger partial charge in [0.15, 0.2) is 0 Å². The third kappa shape index (κ3) is 2.83. The molecule has 0 spiro atoms. The maximum atomic E-state index is 12.4. The van der Waals surface area contributed by atoms with Gasteiger partial charge in [-0.25, -0.2) is 0 Å². The third-order valence-corrected chi connectivity index (χ3v) is 2.01. The minimum Gasteiger partial charge on any atom is -0.373 e. The fourth-order valence-electron chi connectivity index (χ4n) is 1.26. The number of halogens is 3. The molecule has 15 heavy (non-hydrogen) atoms. The van der Waals surface area contributed by atoms with Crippen molar-refractivity contribution in [2.75, 3.05) is 7.11 Å². The van der Waals surface area contributed by atoms with Crippen LogP contribution in [0.4, 0.5) is 13.2 Å². The molecular formula is C11H11F3O. The second-order valence-electron chi connectivity index (χ2n) is 3.02. The predicted octanol–water partition coefficient (Wildman–Crippen LogP) is 3.58. The Hall–Kier alpha value is -1.29. The molecule has 0 aliphatic carbocycles. The van der Waals surface area contributed by atoms with Crippen LogP contribution in [-0.4, -0.2) is 7.11 Å². The number of benzene rings is 1. The molecule has 1 rings (SSSR count). The second-order valence-corrected chi connectivity index (χ2v) is 3.02. The Bertz CT molecular complexity index is 344. The molecule has 0 bridgehead atoms. The number of hydrogen-bond acceptors (Lipinski definition) is 1. The van der Waals surface area contributed by atoms with Gasteiger partial charge in [0.25, 0.3) is 0 Å². The van der Waals surface area contributed by atoms with Gasteiger partial charge in [-0.15, -0.1) is 6.58 Å². The van der Waals surface area contributed by atoms with Gasteiger partial charge in [-0.2, -0.15) is 13.2 Å². The molecule has 1 aromatic carbocycles. The first-order valence-electron chi connectivity index (χ1n) is 4.31. The Morgan fingerprint density at radius 3 is 2.53 bits per heavy atom. The van der Waals surface area contributed by atoms with Crippen molar-refractivity contribution in [1.29, 1.82) is 0 Å². The molecule has 1 atom stereocenters. The van der Waals surface area contributed by atoms with Crippen LogP contribution < -0.4 is 0 Å². The second kappa shape index (κ2) is 4.49. The zero-order valence-electron chi connectivity index (χ0n) is 8.21. The van der Waals surface area contributed by atoms with Crippen LogP contribution in [0.2, 0.25) is 0 Å². The summed E-state index contributed by atoms with van der Waals surface area (Å²) in [5.41, 5.74) is -0.230. The minimum atomic E-state index is -4.32. The van der Waals surface area contributed by atoms with Gasteiger partial charge in [-0.1, -0.05) is 18.2 Å². The molecule has 0 N–H and O–H groups in total. The van der Waals surface area contributed by atoms with Crippen LogP contribution >= 0.6 is 0 Å². The SMILES string of the molecule is C=CC(OC)c1cccc(C(F)(F)F)c1. The molecule has 0 saturated carbocycles. The van der Waals surface area contributed by atoms with E-state index in [4.69, 9.17) is 4.74 Å². The lowest BCUT2D eigenvalue weighted by atomic mass is 10.1. The molecule has 0 amide bonds. The van der Waals surface area contributed by atoms with E-state index >= 15 is 0 Å². The number of rotatable bonds is 3. The summed E-state index contributed by atoms with van der Waals surface area (Å²) in [6.45, 7) is 3.49. The Balaban J connectivity index is 3.07. The largest absolute Gasteiger partial charge is 0.416 e. The minimum absolute atomic E-state index is 0.447. The summed E-state index contributed by atoms with van der Waals surface area (Å²) in [5.74, 6) is 0. The Morgan fingerprint density at radius 2 is 2.07 bits per heavy atom. The van der Waals surface area contributed by atoms with Crippen LogP contribution in [0, 0.1) is 0 Å². The Labute approximate surface area is 86.2 Å². The highest BCUT2D eigenvalue weighted by molar-refractivity contribution is 5.28. The maximum absolute atomic E-state index is 12.4. The third-order valence-electron chi connectivity index (χ3n) is 2.01. The monoisotopic (exact) mass is 216 g/mol. The van der Waals surface area contributed by atoms with Crippen LogP contribution in [-0.2, 0) is 10.9 Å². The lowest BCUT2D eigenvalue weighted by molar-refractivity contribution is -0.137. The van der Waals surface area contributed by atoms with E-state index in [9.17, 15) is 13.2 Å². The normalized spacial score (nSPS) is 13.6. The van der Waals surface area contributed by atoms with Crippen LogP contribution in [0.5, 0.6) is 0 Å². The molecule has 0 radical (unpaired) electrons. The van der Waals surface area contributed by atoms with Crippen molar-refractivity contribution < 1.29 is 17.9 Å². The standard InChI is InChI=1S/C11H11F3O/c1-3-10(15-2)8-5-4-6-9(7-8)11(12,13)14/h3-7,10H,1H2,2H3. The van der Waals surface area contributed by atoms with Crippen molar-refractivity contribution in [2.24, 2.45) is 0 Å². The van der Waals surface area contributed by atoms with Gasteiger partial charge in [0.05, 0.1) is 11.7 Å². The maximum Gasteiger partial charge on any atom is 0.416 e. The van der Waals surface area contributed by atoms with Crippen molar-refractivity contribution in [2.45, 2.75) is 12.3 Å². The predicted molar refractivity (Wildman–Crippen MR) is 51.4 cm³/mol. The summed E-state index contributed by atoms with van der Waals surface area (Å²) in [7, 11) is 1.42. The van der Waals surface area contributed by atoms with E-state index < -0.39 is 17.8 Å². The first kappa shape index (κ1) is 11.8. The first-order valence-corrected chi connectivity index (χ1v) is 4.31. The summed E-state index contributed by atoms with van der Waals surface area (Å²) in [6.07, 6.45) is -3.38. The van der Waals surface area contributed by atoms with E-state index in [1.807, 2.05) is 0 Å². The molecular weight excluding hydrogens is 205 g/mol. The average molecular weight is 216 g/mol. The molecule has 82 valence electrons.